The summed E-state index contributed by atoms with van der Waals surface area (Å²) < 4.78 is 0. The highest BCUT2D eigenvalue weighted by atomic mass is 32.1. The van der Waals surface area contributed by atoms with Gasteiger partial charge in [-0.1, -0.05) is 12.1 Å². The molecule has 0 spiro atoms. The van der Waals surface area contributed by atoms with Crippen LogP contribution >= 0.6 is 11.3 Å². The van der Waals surface area contributed by atoms with E-state index in [4.69, 9.17) is 0 Å². The van der Waals surface area contributed by atoms with Gasteiger partial charge >= 0.3 is 0 Å². The minimum Gasteiger partial charge on any atom is -0.358 e. The summed E-state index contributed by atoms with van der Waals surface area (Å²) in [6, 6.07) is 9.41. The molecule has 22 heavy (non-hydrogen) atoms. The monoisotopic (exact) mass is 315 g/mol. The molecule has 1 N–H and O–H groups in total. The normalized spacial score (nSPS) is 17.4. The number of hydrogen-bond acceptors (Lipinski definition) is 4. The van der Waals surface area contributed by atoms with Crippen molar-refractivity contribution in [2.45, 2.75) is 6.17 Å². The van der Waals surface area contributed by atoms with Crippen molar-refractivity contribution in [2.75, 3.05) is 25.5 Å². The summed E-state index contributed by atoms with van der Waals surface area (Å²) in [5.74, 6) is -0.113. The molecule has 0 saturated carbocycles. The number of benzene rings is 1. The Morgan fingerprint density at radius 1 is 1.32 bits per heavy atom. The first kappa shape index (κ1) is 14.6. The lowest BCUT2D eigenvalue weighted by atomic mass is 10.0. The maximum Gasteiger partial charge on any atom is 0.257 e. The molecule has 1 unspecified atom stereocenters. The van der Waals surface area contributed by atoms with E-state index < -0.39 is 0 Å². The molecular weight excluding hydrogens is 298 g/mol. The molecule has 1 aromatic heterocycles. The SMILES string of the molecule is CNC(=O)CN1c2ccccc2C(=O)N(C)C1c1ccsc1. The Kier molecular flexibility index (Phi) is 3.85. The summed E-state index contributed by atoms with van der Waals surface area (Å²) in [5, 5.41) is 6.65. The molecule has 1 atom stereocenters. The third-order valence-corrected chi connectivity index (χ3v) is 4.56. The van der Waals surface area contributed by atoms with Gasteiger partial charge in [0.1, 0.15) is 6.17 Å². The lowest BCUT2D eigenvalue weighted by molar-refractivity contribution is -0.119. The average molecular weight is 315 g/mol. The molecule has 5 nitrogen and oxygen atoms in total. The third kappa shape index (κ3) is 2.35. The average Bonchev–Trinajstić information content (AvgIpc) is 3.06. The molecule has 0 saturated heterocycles. The van der Waals surface area contributed by atoms with Crippen LogP contribution in [-0.2, 0) is 4.79 Å². The first-order valence-electron chi connectivity index (χ1n) is 6.99. The van der Waals surface area contributed by atoms with E-state index in [1.807, 2.05) is 39.9 Å². The number of anilines is 1. The van der Waals surface area contributed by atoms with Gasteiger partial charge in [0, 0.05) is 19.7 Å². The fourth-order valence-corrected chi connectivity index (χ4v) is 3.45. The van der Waals surface area contributed by atoms with Gasteiger partial charge in [-0.05, 0) is 29.0 Å². The Labute approximate surface area is 133 Å². The van der Waals surface area contributed by atoms with E-state index >= 15 is 0 Å². The number of hydrogen-bond donors (Lipinski definition) is 1. The predicted octanol–water partition coefficient (Wildman–Crippen LogP) is 2.08. The number of nitrogens with zero attached hydrogens (tertiary/aromatic N) is 2. The van der Waals surface area contributed by atoms with Crippen LogP contribution in [0.5, 0.6) is 0 Å². The molecule has 2 aromatic rings. The molecule has 1 aliphatic heterocycles. The van der Waals surface area contributed by atoms with E-state index in [9.17, 15) is 9.59 Å². The molecule has 0 aliphatic carbocycles. The van der Waals surface area contributed by atoms with Gasteiger partial charge in [0.25, 0.3) is 5.91 Å². The largest absolute Gasteiger partial charge is 0.358 e. The lowest BCUT2D eigenvalue weighted by Gasteiger charge is -2.43. The third-order valence-electron chi connectivity index (χ3n) is 3.86. The topological polar surface area (TPSA) is 52.7 Å². The number of nitrogens with one attached hydrogen (secondary N) is 1. The highest BCUT2D eigenvalue weighted by molar-refractivity contribution is 7.08. The number of fused-ring (bicyclic) bond motifs is 1. The molecule has 2 heterocycles. The van der Waals surface area contributed by atoms with Crippen LogP contribution in [0.25, 0.3) is 0 Å². The number of amides is 2. The van der Waals surface area contributed by atoms with Crippen LogP contribution in [0.3, 0.4) is 0 Å². The second kappa shape index (κ2) is 5.81. The highest BCUT2D eigenvalue weighted by Crippen LogP contribution is 2.38. The van der Waals surface area contributed by atoms with Crippen molar-refractivity contribution in [3.05, 3.63) is 52.2 Å². The van der Waals surface area contributed by atoms with Gasteiger partial charge in [0.2, 0.25) is 5.91 Å². The van der Waals surface area contributed by atoms with E-state index in [-0.39, 0.29) is 24.5 Å². The summed E-state index contributed by atoms with van der Waals surface area (Å²) in [6.07, 6.45) is -0.272. The number of carbonyl (C=O) groups excluding carboxylic acids is 2. The van der Waals surface area contributed by atoms with Crippen molar-refractivity contribution in [3.63, 3.8) is 0 Å². The molecule has 0 fully saturated rings. The van der Waals surface area contributed by atoms with Crippen LogP contribution < -0.4 is 10.2 Å². The number of thiophene rings is 1. The van der Waals surface area contributed by atoms with E-state index in [0.717, 1.165) is 11.3 Å². The maximum atomic E-state index is 12.6. The Hall–Kier alpha value is -2.34. The van der Waals surface area contributed by atoms with E-state index in [1.165, 1.54) is 0 Å². The number of carbonyl (C=O) groups is 2. The zero-order valence-electron chi connectivity index (χ0n) is 12.4. The minimum absolute atomic E-state index is 0.0278. The zero-order chi connectivity index (χ0) is 15.7. The van der Waals surface area contributed by atoms with Gasteiger partial charge in [-0.2, -0.15) is 11.3 Å². The minimum atomic E-state index is -0.272. The Morgan fingerprint density at radius 2 is 2.09 bits per heavy atom. The molecule has 3 rings (SSSR count). The van der Waals surface area contributed by atoms with Crippen molar-refractivity contribution < 1.29 is 9.59 Å². The zero-order valence-corrected chi connectivity index (χ0v) is 13.3. The lowest BCUT2D eigenvalue weighted by Crippen LogP contribution is -2.50. The highest BCUT2D eigenvalue weighted by Gasteiger charge is 2.37. The van der Waals surface area contributed by atoms with Crippen LogP contribution in [0.1, 0.15) is 22.1 Å². The van der Waals surface area contributed by atoms with E-state index in [1.54, 1.807) is 36.4 Å². The molecular formula is C16H17N3O2S. The summed E-state index contributed by atoms with van der Waals surface area (Å²) >= 11 is 1.58. The predicted molar refractivity (Wildman–Crippen MR) is 87.0 cm³/mol. The quantitative estimate of drug-likeness (QED) is 0.943. The molecule has 1 aliphatic rings. The van der Waals surface area contributed by atoms with Crippen LogP contribution in [0.4, 0.5) is 5.69 Å². The molecule has 0 bridgehead atoms. The molecule has 0 radical (unpaired) electrons. The van der Waals surface area contributed by atoms with Crippen LogP contribution in [0, 0.1) is 0 Å². The molecule has 1 aromatic carbocycles. The summed E-state index contributed by atoms with van der Waals surface area (Å²) in [5.41, 5.74) is 2.44. The van der Waals surface area contributed by atoms with Crippen molar-refractivity contribution in [1.82, 2.24) is 10.2 Å². The molecule has 6 heteroatoms. The van der Waals surface area contributed by atoms with Gasteiger partial charge in [-0.15, -0.1) is 0 Å². The summed E-state index contributed by atoms with van der Waals surface area (Å²) in [6.45, 7) is 0.200. The first-order chi connectivity index (χ1) is 10.6. The fourth-order valence-electron chi connectivity index (χ4n) is 2.78. The Bertz CT molecular complexity index is 699. The standard InChI is InChI=1S/C16H17N3O2S/c1-17-14(20)9-19-13-6-4-3-5-12(13)16(21)18(2)15(19)11-7-8-22-10-11/h3-8,10,15H,9H2,1-2H3,(H,17,20). The van der Waals surface area contributed by atoms with Crippen molar-refractivity contribution in [1.29, 1.82) is 0 Å². The van der Waals surface area contributed by atoms with Crippen molar-refractivity contribution in [2.24, 2.45) is 0 Å². The number of para-hydroxylation sites is 1. The van der Waals surface area contributed by atoms with Gasteiger partial charge < -0.3 is 15.1 Å². The Morgan fingerprint density at radius 3 is 2.77 bits per heavy atom. The van der Waals surface area contributed by atoms with E-state index in [2.05, 4.69) is 5.32 Å². The second-order valence-electron chi connectivity index (χ2n) is 5.16. The van der Waals surface area contributed by atoms with Crippen LogP contribution in [-0.4, -0.2) is 37.4 Å². The van der Waals surface area contributed by atoms with Gasteiger partial charge in [0.05, 0.1) is 17.8 Å². The second-order valence-corrected chi connectivity index (χ2v) is 5.94. The van der Waals surface area contributed by atoms with Gasteiger partial charge in [-0.3, -0.25) is 9.59 Å². The van der Waals surface area contributed by atoms with E-state index in [0.29, 0.717) is 5.56 Å². The van der Waals surface area contributed by atoms with Gasteiger partial charge in [-0.25, -0.2) is 0 Å². The first-order valence-corrected chi connectivity index (χ1v) is 7.93. The van der Waals surface area contributed by atoms with Crippen LogP contribution in [0.2, 0.25) is 0 Å². The fraction of sp³-hybridized carbons (Fsp3) is 0.250. The Balaban J connectivity index is 2.11. The molecule has 2 amide bonds. The number of likely N-dealkylation sites (N-methyl/N-ethyl adjacent to an activating group) is 1. The smallest absolute Gasteiger partial charge is 0.257 e. The molecule has 114 valence electrons. The van der Waals surface area contributed by atoms with Crippen molar-refractivity contribution in [3.8, 4) is 0 Å². The van der Waals surface area contributed by atoms with Crippen LogP contribution in [0.15, 0.2) is 41.1 Å². The summed E-state index contributed by atoms with van der Waals surface area (Å²) in [4.78, 5) is 28.2. The number of rotatable bonds is 3. The van der Waals surface area contributed by atoms with Crippen molar-refractivity contribution >= 4 is 28.8 Å². The maximum absolute atomic E-state index is 12.6. The summed E-state index contributed by atoms with van der Waals surface area (Å²) in [7, 11) is 3.39. The van der Waals surface area contributed by atoms with Gasteiger partial charge in [0.15, 0.2) is 0 Å².